The van der Waals surface area contributed by atoms with Crippen LogP contribution in [0.3, 0.4) is 0 Å². The van der Waals surface area contributed by atoms with E-state index in [1.165, 1.54) is 24.3 Å². The zero-order valence-corrected chi connectivity index (χ0v) is 12.4. The smallest absolute Gasteiger partial charge is 0.179 e. The van der Waals surface area contributed by atoms with Crippen molar-refractivity contribution < 1.29 is 18.3 Å². The molecule has 0 aromatic heterocycles. The lowest BCUT2D eigenvalue weighted by Crippen LogP contribution is -2.45. The average Bonchev–Trinajstić information content (AvgIpc) is 2.53. The maximum absolute atomic E-state index is 12.2. The Balaban J connectivity index is 1.96. The molecule has 0 saturated carbocycles. The fraction of sp³-hybridized carbons (Fsp3) is 0.500. The van der Waals surface area contributed by atoms with E-state index in [0.29, 0.717) is 31.8 Å². The van der Waals surface area contributed by atoms with E-state index in [-0.39, 0.29) is 23.4 Å². The molecule has 1 heterocycles. The van der Waals surface area contributed by atoms with E-state index in [2.05, 4.69) is 0 Å². The number of hydrogen-bond acceptors (Lipinski definition) is 6. The predicted octanol–water partition coefficient (Wildman–Crippen LogP) is 0.0251. The van der Waals surface area contributed by atoms with Crippen molar-refractivity contribution in [2.75, 3.05) is 38.6 Å². The molecule has 0 radical (unpaired) electrons. The molecule has 0 amide bonds. The number of hydrogen-bond donors (Lipinski definition) is 1. The summed E-state index contributed by atoms with van der Waals surface area (Å²) >= 11 is 0. The first-order valence-corrected chi connectivity index (χ1v) is 8.38. The molecule has 114 valence electrons. The third kappa shape index (κ3) is 4.25. The molecule has 21 heavy (non-hydrogen) atoms. The molecule has 0 aliphatic carbocycles. The van der Waals surface area contributed by atoms with Crippen molar-refractivity contribution in [3.63, 3.8) is 0 Å². The van der Waals surface area contributed by atoms with Gasteiger partial charge in [0.15, 0.2) is 9.84 Å². The Labute approximate surface area is 124 Å². The summed E-state index contributed by atoms with van der Waals surface area (Å²) in [4.78, 5) is 2.21. The highest BCUT2D eigenvalue weighted by Crippen LogP contribution is 2.13. The first-order valence-electron chi connectivity index (χ1n) is 6.73. The van der Waals surface area contributed by atoms with Crippen LogP contribution >= 0.6 is 0 Å². The van der Waals surface area contributed by atoms with E-state index >= 15 is 0 Å². The Bertz CT molecular complexity index is 607. The van der Waals surface area contributed by atoms with E-state index in [4.69, 9.17) is 15.1 Å². The Morgan fingerprint density at radius 2 is 2.10 bits per heavy atom. The van der Waals surface area contributed by atoms with Gasteiger partial charge in [-0.3, -0.25) is 4.90 Å². The molecule has 1 atom stereocenters. The highest BCUT2D eigenvalue weighted by atomic mass is 32.2. The summed E-state index contributed by atoms with van der Waals surface area (Å²) in [6.45, 7) is 2.06. The van der Waals surface area contributed by atoms with Gasteiger partial charge in [-0.15, -0.1) is 0 Å². The summed E-state index contributed by atoms with van der Waals surface area (Å²) < 4.78 is 29.8. The Hall–Kier alpha value is -1.46. The monoisotopic (exact) mass is 310 g/mol. The normalized spacial score (nSPS) is 20.1. The van der Waals surface area contributed by atoms with Crippen LogP contribution in [0.15, 0.2) is 29.2 Å². The Morgan fingerprint density at radius 3 is 2.71 bits per heavy atom. The van der Waals surface area contributed by atoms with Crippen LogP contribution in [0.4, 0.5) is 0 Å². The number of sulfone groups is 1. The largest absolute Gasteiger partial charge is 0.394 e. The molecule has 0 spiro atoms. The fourth-order valence-corrected chi connectivity index (χ4v) is 3.48. The van der Waals surface area contributed by atoms with E-state index in [9.17, 15) is 8.42 Å². The van der Waals surface area contributed by atoms with Crippen LogP contribution in [0.25, 0.3) is 0 Å². The number of nitrogens with zero attached hydrogens (tertiary/aromatic N) is 2. The first-order chi connectivity index (χ1) is 10.0. The third-order valence-electron chi connectivity index (χ3n) is 3.45. The summed E-state index contributed by atoms with van der Waals surface area (Å²) in [5.41, 5.74) is 0.438. The van der Waals surface area contributed by atoms with Gasteiger partial charge in [-0.05, 0) is 24.3 Å². The summed E-state index contributed by atoms with van der Waals surface area (Å²) in [5.74, 6) is 0.0110. The lowest BCUT2D eigenvalue weighted by Gasteiger charge is -2.31. The number of rotatable bonds is 5. The van der Waals surface area contributed by atoms with Crippen molar-refractivity contribution in [2.24, 2.45) is 0 Å². The van der Waals surface area contributed by atoms with Gasteiger partial charge >= 0.3 is 0 Å². The highest BCUT2D eigenvalue weighted by molar-refractivity contribution is 7.91. The SMILES string of the molecule is N#Cc1ccc(S(=O)(=O)CCN2CCOC(CO)C2)cc1. The van der Waals surface area contributed by atoms with E-state index < -0.39 is 9.84 Å². The van der Waals surface area contributed by atoms with Crippen LogP contribution in [0.1, 0.15) is 5.56 Å². The Kier molecular flexibility index (Phi) is 5.31. The van der Waals surface area contributed by atoms with Crippen molar-refractivity contribution in [1.82, 2.24) is 4.90 Å². The number of ether oxygens (including phenoxy) is 1. The van der Waals surface area contributed by atoms with Crippen molar-refractivity contribution in [2.45, 2.75) is 11.0 Å². The zero-order chi connectivity index (χ0) is 15.3. The second-order valence-electron chi connectivity index (χ2n) is 4.93. The minimum absolute atomic E-state index is 0.0110. The summed E-state index contributed by atoms with van der Waals surface area (Å²) in [6.07, 6.45) is -0.239. The molecule has 1 unspecified atom stereocenters. The van der Waals surface area contributed by atoms with Crippen molar-refractivity contribution >= 4 is 9.84 Å². The molecule has 1 aromatic carbocycles. The quantitative estimate of drug-likeness (QED) is 0.825. The maximum atomic E-state index is 12.2. The van der Waals surface area contributed by atoms with Crippen LogP contribution in [0.2, 0.25) is 0 Å². The molecule has 0 bridgehead atoms. The van der Waals surface area contributed by atoms with Gasteiger partial charge in [0.1, 0.15) is 0 Å². The zero-order valence-electron chi connectivity index (χ0n) is 11.6. The topological polar surface area (TPSA) is 90.6 Å². The van der Waals surface area contributed by atoms with Crippen molar-refractivity contribution in [3.8, 4) is 6.07 Å². The van der Waals surface area contributed by atoms with E-state index in [1.54, 1.807) is 0 Å². The first kappa shape index (κ1) is 15.9. The molecular weight excluding hydrogens is 292 g/mol. The molecule has 1 saturated heterocycles. The van der Waals surface area contributed by atoms with Gasteiger partial charge in [0.05, 0.1) is 41.6 Å². The second kappa shape index (κ2) is 7.00. The van der Waals surface area contributed by atoms with Gasteiger partial charge in [-0.2, -0.15) is 5.26 Å². The summed E-state index contributed by atoms with van der Waals surface area (Å²) in [6, 6.07) is 7.89. The molecule has 2 rings (SSSR count). The standard InChI is InChI=1S/C14H18N2O4S/c15-9-12-1-3-14(4-2-12)21(18,19)8-6-16-5-7-20-13(10-16)11-17/h1-4,13,17H,5-8,10-11H2. The molecule has 1 aliphatic heterocycles. The number of benzene rings is 1. The van der Waals surface area contributed by atoms with Crippen LogP contribution in [-0.2, 0) is 14.6 Å². The summed E-state index contributed by atoms with van der Waals surface area (Å²) in [5, 5.41) is 17.8. The minimum atomic E-state index is -3.36. The number of nitriles is 1. The van der Waals surface area contributed by atoms with Gasteiger partial charge in [0.25, 0.3) is 0 Å². The van der Waals surface area contributed by atoms with Crippen LogP contribution in [0, 0.1) is 11.3 Å². The molecule has 1 N–H and O–H groups in total. The van der Waals surface area contributed by atoms with Gasteiger partial charge < -0.3 is 9.84 Å². The number of aliphatic hydroxyl groups excluding tert-OH is 1. The van der Waals surface area contributed by atoms with E-state index in [0.717, 1.165) is 0 Å². The van der Waals surface area contributed by atoms with Crippen LogP contribution in [-0.4, -0.2) is 63.1 Å². The molecule has 1 aliphatic rings. The summed E-state index contributed by atoms with van der Waals surface area (Å²) in [7, 11) is -3.36. The molecule has 6 nitrogen and oxygen atoms in total. The van der Waals surface area contributed by atoms with Crippen LogP contribution < -0.4 is 0 Å². The lowest BCUT2D eigenvalue weighted by molar-refractivity contribution is -0.0510. The molecule has 1 fully saturated rings. The van der Waals surface area contributed by atoms with Gasteiger partial charge in [0.2, 0.25) is 0 Å². The Morgan fingerprint density at radius 1 is 1.38 bits per heavy atom. The van der Waals surface area contributed by atoms with E-state index in [1.807, 2.05) is 11.0 Å². The minimum Gasteiger partial charge on any atom is -0.394 e. The van der Waals surface area contributed by atoms with Crippen molar-refractivity contribution in [1.29, 1.82) is 5.26 Å². The van der Waals surface area contributed by atoms with Gasteiger partial charge in [-0.1, -0.05) is 0 Å². The lowest BCUT2D eigenvalue weighted by atomic mass is 10.2. The predicted molar refractivity (Wildman–Crippen MR) is 76.5 cm³/mol. The third-order valence-corrected chi connectivity index (χ3v) is 5.16. The average molecular weight is 310 g/mol. The van der Waals surface area contributed by atoms with Gasteiger partial charge in [0, 0.05) is 19.6 Å². The fourth-order valence-electron chi connectivity index (χ4n) is 2.20. The number of aliphatic hydroxyl groups is 1. The molecule has 7 heteroatoms. The van der Waals surface area contributed by atoms with Crippen molar-refractivity contribution in [3.05, 3.63) is 29.8 Å². The van der Waals surface area contributed by atoms with Gasteiger partial charge in [-0.25, -0.2) is 8.42 Å². The molecule has 1 aromatic rings. The highest BCUT2D eigenvalue weighted by Gasteiger charge is 2.22. The molecular formula is C14H18N2O4S. The number of morpholine rings is 1. The van der Waals surface area contributed by atoms with Crippen LogP contribution in [0.5, 0.6) is 0 Å². The second-order valence-corrected chi connectivity index (χ2v) is 7.04. The maximum Gasteiger partial charge on any atom is 0.179 e.